The van der Waals surface area contributed by atoms with Gasteiger partial charge in [0.1, 0.15) is 5.83 Å². The third kappa shape index (κ3) is 6.44. The summed E-state index contributed by atoms with van der Waals surface area (Å²) in [6.07, 6.45) is 2.28. The first-order chi connectivity index (χ1) is 12.0. The normalized spacial score (nSPS) is 13.2. The van der Waals surface area contributed by atoms with Crippen molar-refractivity contribution in [1.29, 1.82) is 0 Å². The number of halogens is 1. The van der Waals surface area contributed by atoms with Crippen LogP contribution < -0.4 is 5.73 Å². The lowest BCUT2D eigenvalue weighted by Crippen LogP contribution is -2.02. The van der Waals surface area contributed by atoms with E-state index in [4.69, 9.17) is 5.73 Å². The van der Waals surface area contributed by atoms with Gasteiger partial charge in [-0.25, -0.2) is 4.39 Å². The molecule has 0 heterocycles. The smallest absolute Gasteiger partial charge is 0.107 e. The highest BCUT2D eigenvalue weighted by Gasteiger charge is 2.03. The standard InChI is InChI=1S/C20H25FN2S2/c1-23(2)25(3)20-9-7-16(8-10-20)13-17-5-4-6-19(14-17)24-15-18(21)11-12-22/h4-11,14H,3,12-13,15,22H2,1-2H3/b18-11-. The average molecular weight is 377 g/mol. The van der Waals surface area contributed by atoms with E-state index in [0.717, 1.165) is 11.3 Å². The highest BCUT2D eigenvalue weighted by Crippen LogP contribution is 2.27. The summed E-state index contributed by atoms with van der Waals surface area (Å²) >= 11 is 1.49. The van der Waals surface area contributed by atoms with Gasteiger partial charge in [-0.1, -0.05) is 40.8 Å². The Balaban J connectivity index is 2.02. The Morgan fingerprint density at radius 2 is 1.92 bits per heavy atom. The summed E-state index contributed by atoms with van der Waals surface area (Å²) in [5.41, 5.74) is 7.81. The first-order valence-electron chi connectivity index (χ1n) is 8.06. The van der Waals surface area contributed by atoms with Crippen molar-refractivity contribution in [3.63, 3.8) is 0 Å². The Morgan fingerprint density at radius 3 is 2.56 bits per heavy atom. The zero-order valence-electron chi connectivity index (χ0n) is 14.7. The van der Waals surface area contributed by atoms with Crippen LogP contribution in [0.1, 0.15) is 11.1 Å². The lowest BCUT2D eigenvalue weighted by Gasteiger charge is -2.15. The number of nitrogens with zero attached hydrogens (tertiary/aromatic N) is 1. The van der Waals surface area contributed by atoms with Crippen LogP contribution in [0.2, 0.25) is 0 Å². The van der Waals surface area contributed by atoms with Gasteiger partial charge < -0.3 is 5.73 Å². The van der Waals surface area contributed by atoms with Gasteiger partial charge in [-0.2, -0.15) is 0 Å². The average Bonchev–Trinajstić information content (AvgIpc) is 2.60. The Bertz CT molecular complexity index is 740. The molecule has 0 aliphatic carbocycles. The number of hydrogen-bond acceptors (Lipinski definition) is 3. The largest absolute Gasteiger partial charge is 0.327 e. The van der Waals surface area contributed by atoms with Gasteiger partial charge in [0.05, 0.1) is 0 Å². The van der Waals surface area contributed by atoms with E-state index in [0.29, 0.717) is 5.75 Å². The Hall–Kier alpha value is -1.40. The Morgan fingerprint density at radius 1 is 1.20 bits per heavy atom. The molecule has 1 atom stereocenters. The minimum absolute atomic E-state index is 0.122. The summed E-state index contributed by atoms with van der Waals surface area (Å²) in [4.78, 5) is 2.31. The van der Waals surface area contributed by atoms with E-state index in [1.807, 2.05) is 26.2 Å². The summed E-state index contributed by atoms with van der Waals surface area (Å²) in [6.45, 7) is 0.241. The SMILES string of the molecule is C=S(c1ccc(Cc2cccc(SC/C(F)=C/CN)c2)cc1)N(C)C. The van der Waals surface area contributed by atoms with Crippen LogP contribution >= 0.6 is 22.4 Å². The van der Waals surface area contributed by atoms with E-state index in [1.54, 1.807) is 0 Å². The maximum absolute atomic E-state index is 13.4. The lowest BCUT2D eigenvalue weighted by molar-refractivity contribution is 0.640. The van der Waals surface area contributed by atoms with Crippen LogP contribution in [-0.2, 0) is 6.42 Å². The molecule has 1 unspecified atom stereocenters. The van der Waals surface area contributed by atoms with Crippen molar-refractivity contribution in [3.05, 3.63) is 71.6 Å². The molecule has 5 heteroatoms. The van der Waals surface area contributed by atoms with Crippen LogP contribution in [0, 0.1) is 0 Å². The fourth-order valence-corrected chi connectivity index (χ4v) is 4.00. The molecule has 0 aliphatic heterocycles. The summed E-state index contributed by atoms with van der Waals surface area (Å²) < 4.78 is 15.6. The van der Waals surface area contributed by atoms with Gasteiger partial charge in [0.15, 0.2) is 0 Å². The number of hydrogen-bond donors (Lipinski definition) is 1. The summed E-state index contributed by atoms with van der Waals surface area (Å²) in [5.74, 6) is 4.35. The molecule has 0 radical (unpaired) electrons. The van der Waals surface area contributed by atoms with Gasteiger partial charge in [0.2, 0.25) is 0 Å². The van der Waals surface area contributed by atoms with Crippen LogP contribution in [0.5, 0.6) is 0 Å². The fourth-order valence-electron chi connectivity index (χ4n) is 2.30. The molecular weight excluding hydrogens is 351 g/mol. The van der Waals surface area contributed by atoms with E-state index >= 15 is 0 Å². The number of benzene rings is 2. The first kappa shape index (κ1) is 19.9. The zero-order chi connectivity index (χ0) is 18.2. The van der Waals surface area contributed by atoms with Gasteiger partial charge in [-0.15, -0.1) is 11.8 Å². The highest BCUT2D eigenvalue weighted by atomic mass is 32.2. The van der Waals surface area contributed by atoms with E-state index in [2.05, 4.69) is 46.6 Å². The second kappa shape index (κ2) is 9.92. The molecule has 0 aliphatic rings. The van der Waals surface area contributed by atoms with Crippen LogP contribution in [0.3, 0.4) is 0 Å². The van der Waals surface area contributed by atoms with Crippen molar-refractivity contribution >= 4 is 28.3 Å². The van der Waals surface area contributed by atoms with E-state index in [9.17, 15) is 4.39 Å². The van der Waals surface area contributed by atoms with Gasteiger partial charge in [0.25, 0.3) is 0 Å². The first-order valence-corrected chi connectivity index (χ1v) is 10.4. The van der Waals surface area contributed by atoms with Gasteiger partial charge in [-0.05, 0) is 62.0 Å². The minimum atomic E-state index is -0.169. The molecule has 2 aromatic rings. The molecule has 2 aromatic carbocycles. The van der Waals surface area contributed by atoms with Gasteiger partial charge >= 0.3 is 0 Å². The second-order valence-corrected chi connectivity index (χ2v) is 8.80. The Labute approximate surface area is 157 Å². The molecule has 2 rings (SSSR count). The summed E-state index contributed by atoms with van der Waals surface area (Å²) in [7, 11) is 3.96. The molecule has 134 valence electrons. The topological polar surface area (TPSA) is 29.3 Å². The maximum atomic E-state index is 13.4. The van der Waals surface area contributed by atoms with Crippen LogP contribution in [0.25, 0.3) is 0 Å². The molecule has 0 saturated carbocycles. The third-order valence-electron chi connectivity index (χ3n) is 3.66. The number of thioether (sulfide) groups is 1. The monoisotopic (exact) mass is 376 g/mol. The van der Waals surface area contributed by atoms with Crippen molar-refractivity contribution in [1.82, 2.24) is 4.31 Å². The summed E-state index contributed by atoms with van der Waals surface area (Å²) in [6, 6.07) is 16.9. The van der Waals surface area contributed by atoms with Crippen molar-refractivity contribution in [2.45, 2.75) is 16.2 Å². The lowest BCUT2D eigenvalue weighted by atomic mass is 10.1. The predicted octanol–water partition coefficient (Wildman–Crippen LogP) is 4.72. The zero-order valence-corrected chi connectivity index (χ0v) is 16.4. The van der Waals surface area contributed by atoms with Crippen molar-refractivity contribution in [2.75, 3.05) is 26.4 Å². The molecule has 2 nitrogen and oxygen atoms in total. The quantitative estimate of drug-likeness (QED) is 0.534. The summed E-state index contributed by atoms with van der Waals surface area (Å²) in [5, 5.41) is 0. The van der Waals surface area contributed by atoms with Crippen molar-refractivity contribution in [2.24, 2.45) is 5.73 Å². The molecule has 0 aromatic heterocycles. The third-order valence-corrected chi connectivity index (χ3v) is 6.36. The maximum Gasteiger partial charge on any atom is 0.107 e. The molecule has 0 amide bonds. The highest BCUT2D eigenvalue weighted by molar-refractivity contribution is 8.12. The van der Waals surface area contributed by atoms with Gasteiger partial charge in [-0.3, -0.25) is 4.31 Å². The number of rotatable bonds is 8. The Kier molecular flexibility index (Phi) is 7.90. The molecule has 0 spiro atoms. The van der Waals surface area contributed by atoms with E-state index < -0.39 is 0 Å². The molecule has 2 N–H and O–H groups in total. The molecule has 0 saturated heterocycles. The molecule has 25 heavy (non-hydrogen) atoms. The molecular formula is C20H25FN2S2. The van der Waals surface area contributed by atoms with Crippen LogP contribution in [0.4, 0.5) is 4.39 Å². The van der Waals surface area contributed by atoms with E-state index in [1.165, 1.54) is 33.9 Å². The van der Waals surface area contributed by atoms with Crippen molar-refractivity contribution < 1.29 is 4.39 Å². The van der Waals surface area contributed by atoms with E-state index in [-0.39, 0.29) is 23.0 Å². The number of nitrogens with two attached hydrogens (primary N) is 1. The molecule has 0 fully saturated rings. The van der Waals surface area contributed by atoms with Gasteiger partial charge in [0, 0.05) is 22.1 Å². The van der Waals surface area contributed by atoms with Crippen LogP contribution in [-0.4, -0.2) is 36.6 Å². The molecule has 0 bridgehead atoms. The fraction of sp³-hybridized carbons (Fsp3) is 0.250. The predicted molar refractivity (Wildman–Crippen MR) is 111 cm³/mol. The van der Waals surface area contributed by atoms with Crippen molar-refractivity contribution in [3.8, 4) is 0 Å². The minimum Gasteiger partial charge on any atom is -0.327 e. The second-order valence-electron chi connectivity index (χ2n) is 5.82. The van der Waals surface area contributed by atoms with Crippen LogP contribution in [0.15, 0.2) is 70.2 Å².